The second-order valence-corrected chi connectivity index (χ2v) is 7.29. The highest BCUT2D eigenvalue weighted by molar-refractivity contribution is 7.60. The van der Waals surface area contributed by atoms with Crippen LogP contribution in [0.15, 0.2) is 59.9 Å². The van der Waals surface area contributed by atoms with Gasteiger partial charge in [-0.2, -0.15) is 0 Å². The van der Waals surface area contributed by atoms with Crippen molar-refractivity contribution in [3.05, 3.63) is 71.0 Å². The molecular weight excluding hydrogens is 343 g/mol. The van der Waals surface area contributed by atoms with Crippen molar-refractivity contribution in [3.63, 3.8) is 0 Å². The lowest BCUT2D eigenvalue weighted by Crippen LogP contribution is -2.10. The number of ether oxygens (including phenoxy) is 1. The molecule has 25 heavy (non-hydrogen) atoms. The van der Waals surface area contributed by atoms with E-state index in [1.165, 1.54) is 0 Å². The molecule has 0 amide bonds. The van der Waals surface area contributed by atoms with Crippen molar-refractivity contribution in [2.24, 2.45) is 0 Å². The maximum atomic E-state index is 13.4. The van der Waals surface area contributed by atoms with Gasteiger partial charge in [-0.1, -0.05) is 36.4 Å². The molecule has 2 aromatic rings. The Bertz CT molecular complexity index is 879. The minimum Gasteiger partial charge on any atom is -0.412 e. The molecule has 0 radical (unpaired) electrons. The van der Waals surface area contributed by atoms with Gasteiger partial charge in [0.25, 0.3) is 0 Å². The molecule has 0 saturated carbocycles. The third kappa shape index (κ3) is 3.49. The molecule has 3 rings (SSSR count). The second-order valence-electron chi connectivity index (χ2n) is 5.45. The molecule has 0 bridgehead atoms. The summed E-state index contributed by atoms with van der Waals surface area (Å²) in [5.41, 5.74) is 1.41. The Labute approximate surface area is 144 Å². The summed E-state index contributed by atoms with van der Waals surface area (Å²) < 4.78 is 29.1. The molecule has 0 aromatic heterocycles. The summed E-state index contributed by atoms with van der Waals surface area (Å²) in [4.78, 5) is 23.3. The van der Waals surface area contributed by atoms with Crippen molar-refractivity contribution in [2.75, 3.05) is 0 Å². The highest BCUT2D eigenvalue weighted by atomic mass is 31.2. The number of para-hydroxylation sites is 2. The van der Waals surface area contributed by atoms with Gasteiger partial charge in [-0.3, -0.25) is 0 Å². The lowest BCUT2D eigenvalue weighted by atomic mass is 10.2. The van der Waals surface area contributed by atoms with E-state index in [1.807, 2.05) is 0 Å². The first-order valence-electron chi connectivity index (χ1n) is 7.48. The van der Waals surface area contributed by atoms with Gasteiger partial charge in [0.05, 0.1) is 0 Å². The zero-order valence-corrected chi connectivity index (χ0v) is 14.5. The van der Waals surface area contributed by atoms with E-state index in [0.29, 0.717) is 11.1 Å². The Morgan fingerprint density at radius 2 is 1.32 bits per heavy atom. The average molecular weight is 358 g/mol. The van der Waals surface area contributed by atoms with Gasteiger partial charge in [0.2, 0.25) is 0 Å². The Morgan fingerprint density at radius 1 is 0.840 bits per heavy atom. The molecule has 128 valence electrons. The SMILES string of the molecule is Cc1ccccc1OP(=O)(Oc1ccccc1C)C1=CC(=O)OC1=O. The van der Waals surface area contributed by atoms with E-state index in [2.05, 4.69) is 4.74 Å². The Morgan fingerprint density at radius 3 is 1.72 bits per heavy atom. The van der Waals surface area contributed by atoms with Gasteiger partial charge in [-0.15, -0.1) is 0 Å². The summed E-state index contributed by atoms with van der Waals surface area (Å²) in [6.45, 7) is 3.53. The van der Waals surface area contributed by atoms with Crippen molar-refractivity contribution in [2.45, 2.75) is 13.8 Å². The van der Waals surface area contributed by atoms with Crippen LogP contribution in [-0.2, 0) is 18.9 Å². The van der Waals surface area contributed by atoms with Crippen molar-refractivity contribution in [1.29, 1.82) is 0 Å². The van der Waals surface area contributed by atoms with Crippen LogP contribution in [0, 0.1) is 13.8 Å². The molecule has 6 nitrogen and oxygen atoms in total. The number of carbonyl (C=O) groups is 2. The van der Waals surface area contributed by atoms with Crippen LogP contribution >= 0.6 is 7.60 Å². The van der Waals surface area contributed by atoms with Crippen LogP contribution in [0.3, 0.4) is 0 Å². The minimum atomic E-state index is -4.19. The van der Waals surface area contributed by atoms with Crippen molar-refractivity contribution in [1.82, 2.24) is 0 Å². The van der Waals surface area contributed by atoms with Gasteiger partial charge in [-0.25, -0.2) is 14.2 Å². The molecule has 0 spiro atoms. The van der Waals surface area contributed by atoms with Gasteiger partial charge >= 0.3 is 19.5 Å². The van der Waals surface area contributed by atoms with Crippen LogP contribution in [0.1, 0.15) is 11.1 Å². The maximum Gasteiger partial charge on any atom is 0.470 e. The number of carbonyl (C=O) groups excluding carboxylic acids is 2. The molecule has 0 saturated heterocycles. The third-order valence-corrected chi connectivity index (χ3v) is 5.35. The summed E-state index contributed by atoms with van der Waals surface area (Å²) in [5, 5.41) is -0.427. The molecular formula is C18H15O6P. The molecule has 0 atom stereocenters. The number of aryl methyl sites for hydroxylation is 2. The van der Waals surface area contributed by atoms with Crippen LogP contribution in [0.5, 0.6) is 11.5 Å². The van der Waals surface area contributed by atoms with E-state index < -0.39 is 24.8 Å². The fourth-order valence-corrected chi connectivity index (χ4v) is 3.92. The predicted molar refractivity (Wildman–Crippen MR) is 90.4 cm³/mol. The van der Waals surface area contributed by atoms with Crippen LogP contribution in [-0.4, -0.2) is 11.9 Å². The first-order valence-corrected chi connectivity index (χ1v) is 9.02. The quantitative estimate of drug-likeness (QED) is 0.458. The first-order chi connectivity index (χ1) is 11.9. The average Bonchev–Trinajstić information content (AvgIpc) is 2.91. The third-order valence-electron chi connectivity index (χ3n) is 3.58. The number of esters is 2. The molecule has 7 heteroatoms. The van der Waals surface area contributed by atoms with Crippen LogP contribution < -0.4 is 9.05 Å². The number of hydrogen-bond acceptors (Lipinski definition) is 6. The van der Waals surface area contributed by atoms with E-state index in [0.717, 1.165) is 6.08 Å². The van der Waals surface area contributed by atoms with E-state index in [-0.39, 0.29) is 11.5 Å². The minimum absolute atomic E-state index is 0.285. The molecule has 0 fully saturated rings. The number of rotatable bonds is 5. The monoisotopic (exact) mass is 358 g/mol. The number of hydrogen-bond donors (Lipinski definition) is 0. The van der Waals surface area contributed by atoms with E-state index in [4.69, 9.17) is 9.05 Å². The van der Waals surface area contributed by atoms with Crippen LogP contribution in [0.4, 0.5) is 0 Å². The molecule has 2 aromatic carbocycles. The molecule has 0 aliphatic carbocycles. The topological polar surface area (TPSA) is 78.9 Å². The van der Waals surface area contributed by atoms with Crippen molar-refractivity contribution in [3.8, 4) is 11.5 Å². The van der Waals surface area contributed by atoms with E-state index >= 15 is 0 Å². The summed E-state index contributed by atoms with van der Waals surface area (Å²) in [7, 11) is -4.19. The lowest BCUT2D eigenvalue weighted by molar-refractivity contribution is -0.150. The summed E-state index contributed by atoms with van der Waals surface area (Å²) in [6, 6.07) is 13.7. The summed E-state index contributed by atoms with van der Waals surface area (Å²) in [5.74, 6) is -1.36. The van der Waals surface area contributed by atoms with E-state index in [9.17, 15) is 14.2 Å². The highest BCUT2D eigenvalue weighted by Crippen LogP contribution is 2.57. The zero-order valence-electron chi connectivity index (χ0n) is 13.6. The Kier molecular flexibility index (Phi) is 4.47. The lowest BCUT2D eigenvalue weighted by Gasteiger charge is -2.21. The molecule has 1 aliphatic heterocycles. The zero-order chi connectivity index (χ0) is 18.0. The summed E-state index contributed by atoms with van der Waals surface area (Å²) in [6.07, 6.45) is 0.847. The normalized spacial score (nSPS) is 14.1. The predicted octanol–water partition coefficient (Wildman–Crippen LogP) is 3.92. The highest BCUT2D eigenvalue weighted by Gasteiger charge is 2.45. The van der Waals surface area contributed by atoms with Crippen molar-refractivity contribution < 1.29 is 27.9 Å². The number of cyclic esters (lactones) is 2. The van der Waals surface area contributed by atoms with Crippen LogP contribution in [0.2, 0.25) is 0 Å². The van der Waals surface area contributed by atoms with Crippen molar-refractivity contribution >= 4 is 19.5 Å². The van der Waals surface area contributed by atoms with Crippen LogP contribution in [0.25, 0.3) is 0 Å². The van der Waals surface area contributed by atoms with Gasteiger partial charge in [0, 0.05) is 6.08 Å². The van der Waals surface area contributed by atoms with E-state index in [1.54, 1.807) is 62.4 Å². The van der Waals surface area contributed by atoms with Gasteiger partial charge in [0.1, 0.15) is 11.5 Å². The molecule has 1 aliphatic rings. The Hall–Kier alpha value is -2.85. The van der Waals surface area contributed by atoms with Gasteiger partial charge in [-0.05, 0) is 37.1 Å². The molecule has 1 heterocycles. The number of benzene rings is 2. The summed E-state index contributed by atoms with van der Waals surface area (Å²) >= 11 is 0. The maximum absolute atomic E-state index is 13.4. The molecule has 0 unspecified atom stereocenters. The standard InChI is InChI=1S/C18H15O6P/c1-12-7-3-5-9-14(12)23-25(21,16-11-17(19)22-18(16)20)24-15-10-6-4-8-13(15)2/h3-11H,1-2H3. The fraction of sp³-hybridized carbons (Fsp3) is 0.111. The largest absolute Gasteiger partial charge is 0.470 e. The fourth-order valence-electron chi connectivity index (χ4n) is 2.23. The Balaban J connectivity index is 2.05. The smallest absolute Gasteiger partial charge is 0.412 e. The van der Waals surface area contributed by atoms with Gasteiger partial charge < -0.3 is 13.8 Å². The first kappa shape index (κ1) is 17.0. The second kappa shape index (κ2) is 6.57. The molecule has 0 N–H and O–H groups in total. The van der Waals surface area contributed by atoms with Gasteiger partial charge in [0.15, 0.2) is 5.31 Å².